The van der Waals surface area contributed by atoms with Crippen LogP contribution in [0.1, 0.15) is 36.3 Å². The Morgan fingerprint density at radius 2 is 2.05 bits per heavy atom. The Labute approximate surface area is 130 Å². The van der Waals surface area contributed by atoms with E-state index in [9.17, 15) is 0 Å². The van der Waals surface area contributed by atoms with Crippen molar-refractivity contribution in [2.45, 2.75) is 32.7 Å². The number of halogens is 2. The summed E-state index contributed by atoms with van der Waals surface area (Å²) in [6.07, 6.45) is 3.55. The summed E-state index contributed by atoms with van der Waals surface area (Å²) >= 11 is 12.4. The van der Waals surface area contributed by atoms with E-state index in [1.807, 2.05) is 18.2 Å². The third-order valence-corrected chi connectivity index (χ3v) is 4.17. The van der Waals surface area contributed by atoms with Gasteiger partial charge in [-0.15, -0.1) is 0 Å². The monoisotopic (exact) mass is 311 g/mol. The van der Waals surface area contributed by atoms with Crippen LogP contribution in [0.15, 0.2) is 34.9 Å². The van der Waals surface area contributed by atoms with Crippen LogP contribution < -0.4 is 5.32 Å². The first-order valence-corrected chi connectivity index (χ1v) is 7.59. The van der Waals surface area contributed by atoms with E-state index in [-0.39, 0.29) is 6.04 Å². The van der Waals surface area contributed by atoms with Crippen molar-refractivity contribution in [3.05, 3.63) is 57.5 Å². The fourth-order valence-corrected chi connectivity index (χ4v) is 2.64. The molecule has 4 heteroatoms. The van der Waals surface area contributed by atoms with E-state index >= 15 is 0 Å². The second-order valence-electron chi connectivity index (χ2n) is 4.89. The Bertz CT molecular complexity index is 565. The first kappa shape index (κ1) is 15.4. The van der Waals surface area contributed by atoms with Crippen LogP contribution in [0.4, 0.5) is 0 Å². The summed E-state index contributed by atoms with van der Waals surface area (Å²) in [6.45, 7) is 5.13. The molecule has 0 amide bonds. The average Bonchev–Trinajstić information content (AvgIpc) is 2.85. The van der Waals surface area contributed by atoms with Gasteiger partial charge in [0.25, 0.3) is 0 Å². The maximum Gasteiger partial charge on any atom is 0.123 e. The van der Waals surface area contributed by atoms with E-state index in [0.29, 0.717) is 10.0 Å². The van der Waals surface area contributed by atoms with Crippen LogP contribution in [0.2, 0.25) is 10.0 Å². The Morgan fingerprint density at radius 3 is 2.70 bits per heavy atom. The Kier molecular flexibility index (Phi) is 5.53. The minimum atomic E-state index is 0.112. The molecule has 20 heavy (non-hydrogen) atoms. The molecule has 0 saturated heterocycles. The Hall–Kier alpha value is -0.960. The van der Waals surface area contributed by atoms with Gasteiger partial charge in [-0.25, -0.2) is 0 Å². The molecule has 1 N–H and O–H groups in total. The maximum atomic E-state index is 6.28. The standard InChI is InChI=1S/C16H19Cl2NO/c1-3-8-19-14(16-11(2)7-9-20-16)10-12-5-4-6-13(17)15(12)18/h4-7,9,14,19H,3,8,10H2,1-2H3. The van der Waals surface area contributed by atoms with E-state index in [1.165, 1.54) is 0 Å². The van der Waals surface area contributed by atoms with Gasteiger partial charge in [-0.3, -0.25) is 0 Å². The van der Waals surface area contributed by atoms with Crippen LogP contribution in [0.5, 0.6) is 0 Å². The molecule has 1 aromatic carbocycles. The molecule has 1 aromatic heterocycles. The van der Waals surface area contributed by atoms with Crippen molar-refractivity contribution in [2.24, 2.45) is 0 Å². The van der Waals surface area contributed by atoms with Crippen LogP contribution in [0.3, 0.4) is 0 Å². The second-order valence-corrected chi connectivity index (χ2v) is 5.68. The zero-order valence-corrected chi connectivity index (χ0v) is 13.3. The predicted molar refractivity (Wildman–Crippen MR) is 84.6 cm³/mol. The van der Waals surface area contributed by atoms with Gasteiger partial charge in [0.05, 0.1) is 22.4 Å². The zero-order chi connectivity index (χ0) is 14.5. The predicted octanol–water partition coefficient (Wildman–Crippen LogP) is 5.18. The van der Waals surface area contributed by atoms with Gasteiger partial charge in [0, 0.05) is 0 Å². The number of aryl methyl sites for hydroxylation is 1. The molecule has 1 atom stereocenters. The van der Waals surface area contributed by atoms with Gasteiger partial charge in [0.15, 0.2) is 0 Å². The fourth-order valence-electron chi connectivity index (χ4n) is 2.24. The molecular weight excluding hydrogens is 293 g/mol. The third-order valence-electron chi connectivity index (χ3n) is 3.31. The average molecular weight is 312 g/mol. The summed E-state index contributed by atoms with van der Waals surface area (Å²) in [6, 6.07) is 7.83. The van der Waals surface area contributed by atoms with E-state index in [1.54, 1.807) is 12.3 Å². The van der Waals surface area contributed by atoms with Crippen molar-refractivity contribution in [2.75, 3.05) is 6.54 Å². The molecule has 2 rings (SSSR count). The smallest absolute Gasteiger partial charge is 0.123 e. The minimum absolute atomic E-state index is 0.112. The van der Waals surface area contributed by atoms with Gasteiger partial charge < -0.3 is 9.73 Å². The molecule has 0 radical (unpaired) electrons. The van der Waals surface area contributed by atoms with Crippen molar-refractivity contribution in [3.63, 3.8) is 0 Å². The summed E-state index contributed by atoms with van der Waals surface area (Å²) in [5.74, 6) is 0.967. The van der Waals surface area contributed by atoms with Crippen molar-refractivity contribution in [1.82, 2.24) is 5.32 Å². The van der Waals surface area contributed by atoms with E-state index in [0.717, 1.165) is 36.3 Å². The van der Waals surface area contributed by atoms with E-state index in [4.69, 9.17) is 27.6 Å². The fraction of sp³-hybridized carbons (Fsp3) is 0.375. The molecule has 0 spiro atoms. The summed E-state index contributed by atoms with van der Waals surface area (Å²) in [4.78, 5) is 0. The van der Waals surface area contributed by atoms with Crippen LogP contribution in [0, 0.1) is 6.92 Å². The largest absolute Gasteiger partial charge is 0.467 e. The second kappa shape index (κ2) is 7.16. The minimum Gasteiger partial charge on any atom is -0.467 e. The summed E-state index contributed by atoms with van der Waals surface area (Å²) in [7, 11) is 0. The van der Waals surface area contributed by atoms with Crippen LogP contribution in [0.25, 0.3) is 0 Å². The molecule has 1 heterocycles. The lowest BCUT2D eigenvalue weighted by atomic mass is 10.0. The number of hydrogen-bond acceptors (Lipinski definition) is 2. The molecule has 2 nitrogen and oxygen atoms in total. The molecule has 0 fully saturated rings. The Balaban J connectivity index is 2.24. The van der Waals surface area contributed by atoms with Crippen LogP contribution in [-0.2, 0) is 6.42 Å². The lowest BCUT2D eigenvalue weighted by molar-refractivity contribution is 0.408. The molecule has 0 aliphatic rings. The first-order valence-electron chi connectivity index (χ1n) is 6.83. The SMILES string of the molecule is CCCNC(Cc1cccc(Cl)c1Cl)c1occc1C. The Morgan fingerprint density at radius 1 is 1.25 bits per heavy atom. The quantitative estimate of drug-likeness (QED) is 0.795. The van der Waals surface area contributed by atoms with Crippen LogP contribution >= 0.6 is 23.2 Å². The highest BCUT2D eigenvalue weighted by Gasteiger charge is 2.18. The zero-order valence-electron chi connectivity index (χ0n) is 11.7. The number of rotatable bonds is 6. The normalized spacial score (nSPS) is 12.6. The van der Waals surface area contributed by atoms with Gasteiger partial charge in [-0.1, -0.05) is 42.3 Å². The highest BCUT2D eigenvalue weighted by Crippen LogP contribution is 2.30. The summed E-state index contributed by atoms with van der Waals surface area (Å²) in [5, 5.41) is 4.73. The molecule has 108 valence electrons. The third kappa shape index (κ3) is 3.57. The van der Waals surface area contributed by atoms with E-state index in [2.05, 4.69) is 19.2 Å². The molecule has 1 unspecified atom stereocenters. The number of benzene rings is 1. The first-order chi connectivity index (χ1) is 9.63. The van der Waals surface area contributed by atoms with Crippen molar-refractivity contribution >= 4 is 23.2 Å². The van der Waals surface area contributed by atoms with E-state index < -0.39 is 0 Å². The van der Waals surface area contributed by atoms with Crippen LogP contribution in [-0.4, -0.2) is 6.54 Å². The number of nitrogens with one attached hydrogen (secondary N) is 1. The highest BCUT2D eigenvalue weighted by atomic mass is 35.5. The molecule has 0 aliphatic carbocycles. The van der Waals surface area contributed by atoms with Crippen molar-refractivity contribution < 1.29 is 4.42 Å². The molecule has 2 aromatic rings. The summed E-state index contributed by atoms with van der Waals surface area (Å²) in [5.41, 5.74) is 2.18. The molecule has 0 aliphatic heterocycles. The molecule has 0 bridgehead atoms. The molecular formula is C16H19Cl2NO. The molecule has 0 saturated carbocycles. The topological polar surface area (TPSA) is 25.2 Å². The number of hydrogen-bond donors (Lipinski definition) is 1. The van der Waals surface area contributed by atoms with Gasteiger partial charge in [-0.05, 0) is 49.6 Å². The maximum absolute atomic E-state index is 6.28. The van der Waals surface area contributed by atoms with Gasteiger partial charge in [-0.2, -0.15) is 0 Å². The lowest BCUT2D eigenvalue weighted by Crippen LogP contribution is -2.24. The van der Waals surface area contributed by atoms with Gasteiger partial charge in [0.2, 0.25) is 0 Å². The summed E-state index contributed by atoms with van der Waals surface area (Å²) < 4.78 is 5.63. The number of furan rings is 1. The van der Waals surface area contributed by atoms with Crippen molar-refractivity contribution in [3.8, 4) is 0 Å². The van der Waals surface area contributed by atoms with Gasteiger partial charge >= 0.3 is 0 Å². The lowest BCUT2D eigenvalue weighted by Gasteiger charge is -2.18. The van der Waals surface area contributed by atoms with Crippen molar-refractivity contribution in [1.29, 1.82) is 0 Å². The highest BCUT2D eigenvalue weighted by molar-refractivity contribution is 6.42. The van der Waals surface area contributed by atoms with Gasteiger partial charge in [0.1, 0.15) is 5.76 Å².